The maximum atomic E-state index is 14.4. The Hall–Kier alpha value is -4.46. The molecule has 5 nitrogen and oxygen atoms in total. The van der Waals surface area contributed by atoms with Crippen LogP contribution in [0.15, 0.2) is 79.1 Å². The molecule has 0 atom stereocenters. The quantitative estimate of drug-likeness (QED) is 0.357. The zero-order valence-corrected chi connectivity index (χ0v) is 17.9. The molecule has 2 aromatic carbocycles. The summed E-state index contributed by atoms with van der Waals surface area (Å²) >= 11 is 0. The van der Waals surface area contributed by atoms with Crippen molar-refractivity contribution in [2.24, 2.45) is 0 Å². The van der Waals surface area contributed by atoms with Gasteiger partial charge >= 0.3 is 0 Å². The molecular weight excluding hydrogens is 441 g/mol. The van der Waals surface area contributed by atoms with Gasteiger partial charge in [0.25, 0.3) is 5.91 Å². The van der Waals surface area contributed by atoms with E-state index in [1.54, 1.807) is 41.9 Å². The molecule has 0 aliphatic carbocycles. The van der Waals surface area contributed by atoms with Crippen LogP contribution in [0, 0.1) is 24.4 Å². The van der Waals surface area contributed by atoms with Crippen molar-refractivity contribution in [1.29, 1.82) is 0 Å². The summed E-state index contributed by atoms with van der Waals surface area (Å²) in [5.41, 5.74) is 3.63. The second-order valence-corrected chi connectivity index (χ2v) is 7.69. The maximum absolute atomic E-state index is 14.4. The fraction of sp³-hybridized carbons (Fsp3) is 0.0385. The first kappa shape index (κ1) is 21.4. The van der Waals surface area contributed by atoms with Gasteiger partial charge in [-0.3, -0.25) is 9.78 Å². The van der Waals surface area contributed by atoms with Crippen molar-refractivity contribution < 1.29 is 18.0 Å². The molecule has 0 unspecified atom stereocenters. The summed E-state index contributed by atoms with van der Waals surface area (Å²) in [6.07, 6.45) is 3.09. The Kier molecular flexibility index (Phi) is 5.33. The summed E-state index contributed by atoms with van der Waals surface area (Å²) in [5.74, 6) is -2.68. The van der Waals surface area contributed by atoms with E-state index in [0.29, 0.717) is 39.3 Å². The van der Waals surface area contributed by atoms with Gasteiger partial charge in [0.2, 0.25) is 0 Å². The molecule has 0 fully saturated rings. The lowest BCUT2D eigenvalue weighted by molar-refractivity contribution is 0.102. The van der Waals surface area contributed by atoms with Crippen LogP contribution in [0.5, 0.6) is 0 Å². The molecule has 0 aliphatic heterocycles. The fourth-order valence-corrected chi connectivity index (χ4v) is 3.78. The van der Waals surface area contributed by atoms with E-state index in [1.165, 1.54) is 42.6 Å². The highest BCUT2D eigenvalue weighted by Crippen LogP contribution is 2.31. The predicted molar refractivity (Wildman–Crippen MR) is 123 cm³/mol. The molecule has 3 aromatic heterocycles. The second-order valence-electron chi connectivity index (χ2n) is 7.69. The van der Waals surface area contributed by atoms with Gasteiger partial charge in [0.05, 0.1) is 28.7 Å². The van der Waals surface area contributed by atoms with Crippen molar-refractivity contribution in [2.45, 2.75) is 6.92 Å². The van der Waals surface area contributed by atoms with Crippen LogP contribution in [0.4, 0.5) is 18.9 Å². The van der Waals surface area contributed by atoms with Gasteiger partial charge < -0.3 is 5.32 Å². The average molecular weight is 458 g/mol. The minimum absolute atomic E-state index is 0.105. The lowest BCUT2D eigenvalue weighted by atomic mass is 10.1. The number of rotatable bonds is 4. The lowest BCUT2D eigenvalue weighted by Crippen LogP contribution is -2.14. The minimum atomic E-state index is -0.945. The number of nitrogens with zero attached hydrogens (tertiary/aromatic N) is 3. The molecule has 5 rings (SSSR count). The number of halogens is 3. The van der Waals surface area contributed by atoms with Crippen molar-refractivity contribution in [2.75, 3.05) is 5.32 Å². The fourth-order valence-electron chi connectivity index (χ4n) is 3.78. The van der Waals surface area contributed by atoms with E-state index in [0.717, 1.165) is 6.07 Å². The topological polar surface area (TPSA) is 59.3 Å². The van der Waals surface area contributed by atoms with Gasteiger partial charge in [-0.2, -0.15) is 5.10 Å². The zero-order valence-electron chi connectivity index (χ0n) is 17.9. The van der Waals surface area contributed by atoms with E-state index in [1.807, 2.05) is 0 Å². The number of aryl methyl sites for hydroxylation is 1. The van der Waals surface area contributed by atoms with Gasteiger partial charge in [0.15, 0.2) is 11.6 Å². The molecule has 1 amide bonds. The van der Waals surface area contributed by atoms with Crippen LogP contribution >= 0.6 is 0 Å². The molecule has 8 heteroatoms. The molecule has 168 valence electrons. The smallest absolute Gasteiger partial charge is 0.257 e. The van der Waals surface area contributed by atoms with Crippen molar-refractivity contribution in [1.82, 2.24) is 14.6 Å². The highest BCUT2D eigenvalue weighted by Gasteiger charge is 2.17. The number of carbonyl (C=O) groups is 1. The van der Waals surface area contributed by atoms with Crippen molar-refractivity contribution in [3.05, 3.63) is 108 Å². The number of anilines is 1. The van der Waals surface area contributed by atoms with E-state index in [-0.39, 0.29) is 5.56 Å². The third-order valence-corrected chi connectivity index (χ3v) is 5.51. The molecule has 0 bridgehead atoms. The molecule has 0 saturated carbocycles. The molecule has 0 spiro atoms. The number of nitrogens with one attached hydrogen (secondary N) is 1. The molecule has 1 N–H and O–H groups in total. The molecule has 0 aliphatic rings. The highest BCUT2D eigenvalue weighted by molar-refractivity contribution is 6.05. The van der Waals surface area contributed by atoms with Crippen LogP contribution in [0.2, 0.25) is 0 Å². The summed E-state index contributed by atoms with van der Waals surface area (Å²) in [7, 11) is 0. The summed E-state index contributed by atoms with van der Waals surface area (Å²) in [5, 5.41) is 7.11. The lowest BCUT2D eigenvalue weighted by Gasteiger charge is -2.11. The van der Waals surface area contributed by atoms with Crippen LogP contribution in [-0.2, 0) is 0 Å². The average Bonchev–Trinajstić information content (AvgIpc) is 3.27. The Balaban J connectivity index is 1.55. The molecule has 0 saturated heterocycles. The number of carbonyl (C=O) groups excluding carboxylic acids is 1. The molecule has 5 aromatic rings. The normalized spacial score (nSPS) is 11.1. The first-order valence-electron chi connectivity index (χ1n) is 10.4. The Bertz CT molecular complexity index is 1540. The minimum Gasteiger partial charge on any atom is -0.322 e. The summed E-state index contributed by atoms with van der Waals surface area (Å²) in [6.45, 7) is 1.71. The largest absolute Gasteiger partial charge is 0.322 e. The highest BCUT2D eigenvalue weighted by atomic mass is 19.2. The summed E-state index contributed by atoms with van der Waals surface area (Å²) in [6, 6.07) is 16.4. The van der Waals surface area contributed by atoms with Crippen molar-refractivity contribution in [3.8, 4) is 22.4 Å². The van der Waals surface area contributed by atoms with E-state index < -0.39 is 23.4 Å². The third-order valence-electron chi connectivity index (χ3n) is 5.51. The maximum Gasteiger partial charge on any atom is 0.257 e. The Morgan fingerprint density at radius 2 is 1.68 bits per heavy atom. The van der Waals surface area contributed by atoms with Crippen LogP contribution in [0.25, 0.3) is 27.9 Å². The number of pyridine rings is 2. The van der Waals surface area contributed by atoms with E-state index in [9.17, 15) is 18.0 Å². The molecular formula is C26H17F3N4O. The van der Waals surface area contributed by atoms with Crippen molar-refractivity contribution >= 4 is 17.1 Å². The number of aromatic nitrogens is 3. The van der Waals surface area contributed by atoms with E-state index >= 15 is 0 Å². The molecule has 3 heterocycles. The third kappa shape index (κ3) is 3.79. The van der Waals surface area contributed by atoms with Gasteiger partial charge in [0, 0.05) is 28.6 Å². The molecule has 34 heavy (non-hydrogen) atoms. The number of amides is 1. The van der Waals surface area contributed by atoms with E-state index in [2.05, 4.69) is 15.4 Å². The number of hydrogen-bond donors (Lipinski definition) is 1. The van der Waals surface area contributed by atoms with Crippen molar-refractivity contribution in [3.63, 3.8) is 0 Å². The van der Waals surface area contributed by atoms with Gasteiger partial charge in [-0.05, 0) is 55.5 Å². The van der Waals surface area contributed by atoms with Crippen LogP contribution in [0.1, 0.15) is 16.1 Å². The van der Waals surface area contributed by atoms with Crippen LogP contribution < -0.4 is 5.32 Å². The Morgan fingerprint density at radius 1 is 0.912 bits per heavy atom. The molecule has 0 radical (unpaired) electrons. The number of benzene rings is 2. The number of fused-ring (bicyclic) bond motifs is 1. The van der Waals surface area contributed by atoms with E-state index in [4.69, 9.17) is 0 Å². The number of hydrogen-bond acceptors (Lipinski definition) is 3. The second kappa shape index (κ2) is 8.47. The SMILES string of the molecule is Cc1ncc(-c2cccc3c(-c4cccc(F)c4F)cnn23)cc1C(=O)Nc1ccc(F)cc1. The predicted octanol–water partition coefficient (Wildman–Crippen LogP) is 6.04. The van der Waals surface area contributed by atoms with Gasteiger partial charge in [-0.1, -0.05) is 18.2 Å². The first-order valence-corrected chi connectivity index (χ1v) is 10.4. The monoisotopic (exact) mass is 458 g/mol. The Labute approximate surface area is 192 Å². The van der Waals surface area contributed by atoms with Gasteiger partial charge in [-0.15, -0.1) is 0 Å². The van der Waals surface area contributed by atoms with Gasteiger partial charge in [0.1, 0.15) is 5.82 Å². The van der Waals surface area contributed by atoms with Gasteiger partial charge in [-0.25, -0.2) is 17.7 Å². The zero-order chi connectivity index (χ0) is 23.8. The standard InChI is InChI=1S/C26H17F3N4O/c1-15-20(26(34)32-18-10-8-17(27)9-11-18)12-16(13-30-15)23-6-3-7-24-21(14-31-33(23)24)19-4-2-5-22(28)25(19)29/h2-14H,1H3,(H,32,34). The first-order chi connectivity index (χ1) is 16.4. The summed E-state index contributed by atoms with van der Waals surface area (Å²) in [4.78, 5) is 17.2. The van der Waals surface area contributed by atoms with Crippen LogP contribution in [-0.4, -0.2) is 20.5 Å². The summed E-state index contributed by atoms with van der Waals surface area (Å²) < 4.78 is 43.0. The van der Waals surface area contributed by atoms with Crippen LogP contribution in [0.3, 0.4) is 0 Å². The Morgan fingerprint density at radius 3 is 2.47 bits per heavy atom.